The van der Waals surface area contributed by atoms with E-state index in [0.29, 0.717) is 5.82 Å². The van der Waals surface area contributed by atoms with Crippen molar-refractivity contribution in [2.45, 2.75) is 24.7 Å². The molecule has 0 atom stereocenters. The highest BCUT2D eigenvalue weighted by Crippen LogP contribution is 2.24. The van der Waals surface area contributed by atoms with E-state index in [9.17, 15) is 0 Å². The van der Waals surface area contributed by atoms with Gasteiger partial charge in [0, 0.05) is 16.1 Å². The molecule has 0 bridgehead atoms. The van der Waals surface area contributed by atoms with Crippen molar-refractivity contribution in [2.24, 2.45) is 0 Å². The maximum atomic E-state index is 5.91. The Labute approximate surface area is 117 Å². The molecule has 0 spiro atoms. The average molecular weight is 274 g/mol. The van der Waals surface area contributed by atoms with Gasteiger partial charge in [0.05, 0.1) is 0 Å². The first-order chi connectivity index (χ1) is 9.24. The van der Waals surface area contributed by atoms with Gasteiger partial charge in [-0.25, -0.2) is 9.97 Å². The molecule has 1 aromatic carbocycles. The van der Waals surface area contributed by atoms with E-state index in [-0.39, 0.29) is 0 Å². The number of hydrogen-bond acceptors (Lipinski definition) is 5. The third-order valence-corrected chi connectivity index (χ3v) is 3.58. The number of anilines is 3. The van der Waals surface area contributed by atoms with Crippen molar-refractivity contribution in [1.29, 1.82) is 0 Å². The molecule has 2 aromatic rings. The molecular weight excluding hydrogens is 256 g/mol. The summed E-state index contributed by atoms with van der Waals surface area (Å²) in [4.78, 5) is 9.58. The van der Waals surface area contributed by atoms with Gasteiger partial charge in [0.25, 0.3) is 0 Å². The SMILES string of the molecule is CCCc1c(N)ncnc1Nc1ccc(SC)cc1. The van der Waals surface area contributed by atoms with Crippen LogP contribution in [0.3, 0.4) is 0 Å². The second kappa shape index (κ2) is 6.43. The number of thioether (sulfide) groups is 1. The van der Waals surface area contributed by atoms with E-state index in [1.54, 1.807) is 11.8 Å². The zero-order chi connectivity index (χ0) is 13.7. The molecule has 0 aliphatic heterocycles. The van der Waals surface area contributed by atoms with Crippen molar-refractivity contribution in [3.8, 4) is 0 Å². The summed E-state index contributed by atoms with van der Waals surface area (Å²) in [6.07, 6.45) is 5.44. The summed E-state index contributed by atoms with van der Waals surface area (Å²) in [7, 11) is 0. The summed E-state index contributed by atoms with van der Waals surface area (Å²) in [5.74, 6) is 1.35. The van der Waals surface area contributed by atoms with E-state index in [1.807, 2.05) is 12.1 Å². The highest BCUT2D eigenvalue weighted by Gasteiger charge is 2.08. The zero-order valence-corrected chi connectivity index (χ0v) is 12.0. The van der Waals surface area contributed by atoms with Gasteiger partial charge in [0.1, 0.15) is 18.0 Å². The van der Waals surface area contributed by atoms with Gasteiger partial charge in [-0.05, 0) is 36.9 Å². The lowest BCUT2D eigenvalue weighted by Gasteiger charge is -2.12. The van der Waals surface area contributed by atoms with E-state index in [4.69, 9.17) is 5.73 Å². The number of hydrogen-bond donors (Lipinski definition) is 2. The maximum absolute atomic E-state index is 5.91. The lowest BCUT2D eigenvalue weighted by molar-refractivity contribution is 0.908. The molecule has 1 heterocycles. The molecule has 4 nitrogen and oxygen atoms in total. The van der Waals surface area contributed by atoms with E-state index < -0.39 is 0 Å². The number of nitrogens with one attached hydrogen (secondary N) is 1. The second-order valence-corrected chi connectivity index (χ2v) is 5.07. The summed E-state index contributed by atoms with van der Waals surface area (Å²) in [6.45, 7) is 2.11. The van der Waals surface area contributed by atoms with Crippen molar-refractivity contribution in [3.05, 3.63) is 36.2 Å². The van der Waals surface area contributed by atoms with Crippen LogP contribution in [-0.4, -0.2) is 16.2 Å². The van der Waals surface area contributed by atoms with E-state index >= 15 is 0 Å². The molecule has 0 aliphatic carbocycles. The molecule has 0 radical (unpaired) electrons. The topological polar surface area (TPSA) is 63.8 Å². The summed E-state index contributed by atoms with van der Waals surface area (Å²) >= 11 is 1.72. The van der Waals surface area contributed by atoms with Crippen molar-refractivity contribution < 1.29 is 0 Å². The molecule has 3 N–H and O–H groups in total. The number of aromatic nitrogens is 2. The molecule has 2 rings (SSSR count). The van der Waals surface area contributed by atoms with Gasteiger partial charge in [-0.1, -0.05) is 13.3 Å². The molecule has 100 valence electrons. The minimum absolute atomic E-state index is 0.556. The average Bonchev–Trinajstić information content (AvgIpc) is 2.43. The Kier molecular flexibility index (Phi) is 4.63. The monoisotopic (exact) mass is 274 g/mol. The van der Waals surface area contributed by atoms with Gasteiger partial charge < -0.3 is 11.1 Å². The first kappa shape index (κ1) is 13.7. The summed E-state index contributed by atoms with van der Waals surface area (Å²) < 4.78 is 0. The molecular formula is C14H18N4S. The van der Waals surface area contributed by atoms with Gasteiger partial charge in [-0.3, -0.25) is 0 Å². The minimum atomic E-state index is 0.556. The standard InChI is InChI=1S/C14H18N4S/c1-3-4-12-13(15)16-9-17-14(12)18-10-5-7-11(19-2)8-6-10/h5-9H,3-4H2,1-2H3,(H3,15,16,17,18). The van der Waals surface area contributed by atoms with Crippen LogP contribution in [0.15, 0.2) is 35.5 Å². The van der Waals surface area contributed by atoms with Gasteiger partial charge in [-0.2, -0.15) is 0 Å². The molecule has 19 heavy (non-hydrogen) atoms. The Morgan fingerprint density at radius 1 is 1.21 bits per heavy atom. The smallest absolute Gasteiger partial charge is 0.139 e. The maximum Gasteiger partial charge on any atom is 0.139 e. The van der Waals surface area contributed by atoms with Crippen molar-refractivity contribution in [3.63, 3.8) is 0 Å². The first-order valence-electron chi connectivity index (χ1n) is 6.25. The number of rotatable bonds is 5. The van der Waals surface area contributed by atoms with Crippen LogP contribution in [0.5, 0.6) is 0 Å². The zero-order valence-electron chi connectivity index (χ0n) is 11.2. The first-order valence-corrected chi connectivity index (χ1v) is 7.47. The van der Waals surface area contributed by atoms with Crippen LogP contribution in [0.25, 0.3) is 0 Å². The van der Waals surface area contributed by atoms with E-state index in [1.165, 1.54) is 11.2 Å². The van der Waals surface area contributed by atoms with E-state index in [0.717, 1.165) is 29.9 Å². The Hall–Kier alpha value is -1.75. The quantitative estimate of drug-likeness (QED) is 0.817. The van der Waals surface area contributed by atoms with Gasteiger partial charge in [0.15, 0.2) is 0 Å². The van der Waals surface area contributed by atoms with Crippen molar-refractivity contribution >= 4 is 29.1 Å². The van der Waals surface area contributed by atoms with Crippen LogP contribution in [0.2, 0.25) is 0 Å². The lowest BCUT2D eigenvalue weighted by atomic mass is 10.1. The fourth-order valence-electron chi connectivity index (χ4n) is 1.84. The van der Waals surface area contributed by atoms with Crippen LogP contribution >= 0.6 is 11.8 Å². The number of nitrogens with two attached hydrogens (primary N) is 1. The fourth-order valence-corrected chi connectivity index (χ4v) is 2.25. The van der Waals surface area contributed by atoms with Gasteiger partial charge >= 0.3 is 0 Å². The third-order valence-electron chi connectivity index (χ3n) is 2.83. The minimum Gasteiger partial charge on any atom is -0.383 e. The highest BCUT2D eigenvalue weighted by molar-refractivity contribution is 7.98. The van der Waals surface area contributed by atoms with Crippen molar-refractivity contribution in [1.82, 2.24) is 9.97 Å². The third kappa shape index (κ3) is 3.38. The van der Waals surface area contributed by atoms with Crippen LogP contribution < -0.4 is 11.1 Å². The number of nitrogens with zero attached hydrogens (tertiary/aromatic N) is 2. The van der Waals surface area contributed by atoms with Crippen molar-refractivity contribution in [2.75, 3.05) is 17.3 Å². The summed E-state index contributed by atoms with van der Waals surface area (Å²) in [6, 6.07) is 8.24. The molecule has 0 fully saturated rings. The van der Waals surface area contributed by atoms with E-state index in [2.05, 4.69) is 40.6 Å². The highest BCUT2D eigenvalue weighted by atomic mass is 32.2. The van der Waals surface area contributed by atoms with Crippen LogP contribution in [0, 0.1) is 0 Å². The molecule has 0 unspecified atom stereocenters. The molecule has 0 amide bonds. The number of benzene rings is 1. The predicted molar refractivity (Wildman–Crippen MR) is 81.9 cm³/mol. The summed E-state index contributed by atoms with van der Waals surface area (Å²) in [5.41, 5.74) is 7.91. The largest absolute Gasteiger partial charge is 0.383 e. The fraction of sp³-hybridized carbons (Fsp3) is 0.286. The van der Waals surface area contributed by atoms with Crippen LogP contribution in [-0.2, 0) is 6.42 Å². The molecule has 0 aliphatic rings. The van der Waals surface area contributed by atoms with Crippen LogP contribution in [0.4, 0.5) is 17.3 Å². The molecule has 0 saturated heterocycles. The normalized spacial score (nSPS) is 10.4. The predicted octanol–water partition coefficient (Wildman–Crippen LogP) is 3.48. The van der Waals surface area contributed by atoms with Gasteiger partial charge in [-0.15, -0.1) is 11.8 Å². The molecule has 1 aromatic heterocycles. The van der Waals surface area contributed by atoms with Gasteiger partial charge in [0.2, 0.25) is 0 Å². The Bertz CT molecular complexity index is 540. The Morgan fingerprint density at radius 2 is 1.95 bits per heavy atom. The summed E-state index contributed by atoms with van der Waals surface area (Å²) in [5, 5.41) is 3.31. The Morgan fingerprint density at radius 3 is 2.58 bits per heavy atom. The number of nitrogen functional groups attached to an aromatic ring is 1. The molecule has 5 heteroatoms. The lowest BCUT2D eigenvalue weighted by Crippen LogP contribution is -2.05. The molecule has 0 saturated carbocycles. The van der Waals surface area contributed by atoms with Crippen LogP contribution in [0.1, 0.15) is 18.9 Å². The second-order valence-electron chi connectivity index (χ2n) is 4.19. The Balaban J connectivity index is 2.24.